The Labute approximate surface area is 123 Å². The Bertz CT molecular complexity index is 528. The third-order valence-corrected chi connectivity index (χ3v) is 3.84. The Balaban J connectivity index is 1.89. The molecular formula is C14H21N3O4. The Kier molecular flexibility index (Phi) is 4.50. The van der Waals surface area contributed by atoms with Crippen LogP contribution in [0.3, 0.4) is 0 Å². The van der Waals surface area contributed by atoms with Gasteiger partial charge in [0.25, 0.3) is 0 Å². The van der Waals surface area contributed by atoms with Crippen molar-refractivity contribution in [2.24, 2.45) is 5.41 Å². The molecular weight excluding hydrogens is 274 g/mol. The molecule has 7 nitrogen and oxygen atoms in total. The molecule has 21 heavy (non-hydrogen) atoms. The first-order valence-corrected chi connectivity index (χ1v) is 7.14. The van der Waals surface area contributed by atoms with Crippen molar-refractivity contribution in [3.63, 3.8) is 0 Å². The minimum atomic E-state index is -0.867. The number of likely N-dealkylation sites (tertiary alicyclic amines) is 1. The monoisotopic (exact) mass is 295 g/mol. The number of amides is 2. The summed E-state index contributed by atoms with van der Waals surface area (Å²) in [5.41, 5.74) is -0.867. The number of urea groups is 1. The molecule has 0 spiro atoms. The van der Waals surface area contributed by atoms with E-state index in [1.165, 1.54) is 0 Å². The van der Waals surface area contributed by atoms with E-state index in [9.17, 15) is 14.7 Å². The third kappa shape index (κ3) is 3.53. The van der Waals surface area contributed by atoms with Gasteiger partial charge in [0.15, 0.2) is 0 Å². The molecule has 1 unspecified atom stereocenters. The van der Waals surface area contributed by atoms with Gasteiger partial charge in [-0.05, 0) is 19.8 Å². The summed E-state index contributed by atoms with van der Waals surface area (Å²) < 4.78 is 5.41. The number of carbonyl (C=O) groups is 2. The number of aromatic nitrogens is 1. The van der Waals surface area contributed by atoms with Crippen LogP contribution in [0, 0.1) is 5.41 Å². The van der Waals surface area contributed by atoms with Crippen molar-refractivity contribution in [2.45, 2.75) is 39.7 Å². The summed E-state index contributed by atoms with van der Waals surface area (Å²) in [7, 11) is 0. The van der Waals surface area contributed by atoms with Gasteiger partial charge in [0.05, 0.1) is 18.2 Å². The van der Waals surface area contributed by atoms with Gasteiger partial charge in [0.1, 0.15) is 5.76 Å². The maximum Gasteiger partial charge on any atom is 0.317 e. The zero-order chi connectivity index (χ0) is 15.5. The highest BCUT2D eigenvalue weighted by atomic mass is 16.4. The largest absolute Gasteiger partial charge is 0.481 e. The van der Waals surface area contributed by atoms with Crippen LogP contribution in [0.15, 0.2) is 10.6 Å². The van der Waals surface area contributed by atoms with E-state index in [1.807, 2.05) is 6.92 Å². The summed E-state index contributed by atoms with van der Waals surface area (Å²) in [5.74, 6) is 0.370. The fourth-order valence-corrected chi connectivity index (χ4v) is 2.44. The molecule has 0 aromatic carbocycles. The fourth-order valence-electron chi connectivity index (χ4n) is 2.44. The molecule has 1 aromatic heterocycles. The first kappa shape index (κ1) is 15.3. The van der Waals surface area contributed by atoms with Crippen LogP contribution >= 0.6 is 0 Å². The van der Waals surface area contributed by atoms with Gasteiger partial charge in [-0.15, -0.1) is 0 Å². The van der Waals surface area contributed by atoms with Gasteiger partial charge >= 0.3 is 12.0 Å². The average Bonchev–Trinajstić information content (AvgIpc) is 2.92. The molecule has 116 valence electrons. The number of carbonyl (C=O) groups excluding carboxylic acids is 1. The lowest BCUT2D eigenvalue weighted by molar-refractivity contribution is -0.150. The second-order valence-electron chi connectivity index (χ2n) is 5.62. The van der Waals surface area contributed by atoms with Crippen molar-refractivity contribution in [2.75, 3.05) is 13.1 Å². The van der Waals surface area contributed by atoms with Crippen molar-refractivity contribution in [3.05, 3.63) is 17.8 Å². The van der Waals surface area contributed by atoms with E-state index >= 15 is 0 Å². The number of nitrogens with zero attached hydrogens (tertiary/aromatic N) is 2. The number of aliphatic carboxylic acids is 1. The van der Waals surface area contributed by atoms with Crippen LogP contribution in [-0.4, -0.2) is 40.1 Å². The molecule has 2 heterocycles. The number of hydrogen-bond acceptors (Lipinski definition) is 4. The number of carboxylic acids is 1. The molecule has 1 aliphatic rings. The van der Waals surface area contributed by atoms with Gasteiger partial charge in [-0.1, -0.05) is 6.92 Å². The van der Waals surface area contributed by atoms with Gasteiger partial charge in [0, 0.05) is 19.5 Å². The summed E-state index contributed by atoms with van der Waals surface area (Å²) in [4.78, 5) is 29.0. The molecule has 1 aliphatic heterocycles. The molecule has 0 bridgehead atoms. The Morgan fingerprint density at radius 3 is 2.95 bits per heavy atom. The van der Waals surface area contributed by atoms with E-state index in [1.54, 1.807) is 18.0 Å². The zero-order valence-corrected chi connectivity index (χ0v) is 12.4. The maximum atomic E-state index is 12.1. The molecule has 0 saturated carbocycles. The predicted octanol–water partition coefficient (Wildman–Crippen LogP) is 1.63. The molecule has 0 aliphatic carbocycles. The van der Waals surface area contributed by atoms with Gasteiger partial charge in [-0.3, -0.25) is 4.79 Å². The van der Waals surface area contributed by atoms with Crippen molar-refractivity contribution < 1.29 is 19.1 Å². The minimum absolute atomic E-state index is 0.207. The summed E-state index contributed by atoms with van der Waals surface area (Å²) >= 11 is 0. The highest BCUT2D eigenvalue weighted by Crippen LogP contribution is 2.29. The molecule has 1 fully saturated rings. The molecule has 2 amide bonds. The van der Waals surface area contributed by atoms with Crippen molar-refractivity contribution in [1.29, 1.82) is 0 Å². The van der Waals surface area contributed by atoms with E-state index in [2.05, 4.69) is 10.3 Å². The lowest BCUT2D eigenvalue weighted by atomic mass is 9.82. The Morgan fingerprint density at radius 2 is 2.33 bits per heavy atom. The van der Waals surface area contributed by atoms with Crippen LogP contribution < -0.4 is 5.32 Å². The van der Waals surface area contributed by atoms with Crippen LogP contribution in [0.2, 0.25) is 0 Å². The van der Waals surface area contributed by atoms with Crippen molar-refractivity contribution >= 4 is 12.0 Å². The quantitative estimate of drug-likeness (QED) is 0.880. The van der Waals surface area contributed by atoms with E-state index in [0.717, 1.165) is 12.2 Å². The standard InChI is InChI=1S/C14H21N3O4/c1-3-10-7-15-11(21-10)8-16-13(20)17-6-4-5-14(2,9-17)12(18)19/h7H,3-6,8-9H2,1-2H3,(H,16,20)(H,18,19). The Morgan fingerprint density at radius 1 is 1.57 bits per heavy atom. The van der Waals surface area contributed by atoms with Crippen LogP contribution in [0.4, 0.5) is 4.79 Å². The second-order valence-corrected chi connectivity index (χ2v) is 5.62. The van der Waals surface area contributed by atoms with Gasteiger partial charge in [-0.2, -0.15) is 0 Å². The summed E-state index contributed by atoms with van der Waals surface area (Å²) in [6.07, 6.45) is 3.68. The first-order valence-electron chi connectivity index (χ1n) is 7.14. The van der Waals surface area contributed by atoms with E-state index in [-0.39, 0.29) is 19.1 Å². The van der Waals surface area contributed by atoms with E-state index < -0.39 is 11.4 Å². The Hall–Kier alpha value is -2.05. The predicted molar refractivity (Wildman–Crippen MR) is 74.7 cm³/mol. The number of hydrogen-bond donors (Lipinski definition) is 2. The molecule has 7 heteroatoms. The normalized spacial score (nSPS) is 22.1. The number of carboxylic acid groups (broad SMARTS) is 1. The maximum absolute atomic E-state index is 12.1. The number of piperidine rings is 1. The summed E-state index contributed by atoms with van der Waals surface area (Å²) in [6.45, 7) is 4.64. The summed E-state index contributed by atoms with van der Waals surface area (Å²) in [5, 5.41) is 12.0. The average molecular weight is 295 g/mol. The smallest absolute Gasteiger partial charge is 0.317 e. The van der Waals surface area contributed by atoms with Gasteiger partial charge in [0.2, 0.25) is 5.89 Å². The first-order chi connectivity index (χ1) is 9.94. The van der Waals surface area contributed by atoms with Crippen LogP contribution in [0.1, 0.15) is 38.3 Å². The SMILES string of the molecule is CCc1cnc(CNC(=O)N2CCCC(C)(C(=O)O)C2)o1. The number of aryl methyl sites for hydroxylation is 1. The molecule has 1 atom stereocenters. The number of oxazole rings is 1. The number of nitrogens with one attached hydrogen (secondary N) is 1. The van der Waals surface area contributed by atoms with Crippen LogP contribution in [-0.2, 0) is 17.8 Å². The van der Waals surface area contributed by atoms with Crippen LogP contribution in [0.25, 0.3) is 0 Å². The lowest BCUT2D eigenvalue weighted by Gasteiger charge is -2.37. The molecule has 1 aromatic rings. The fraction of sp³-hybridized carbons (Fsp3) is 0.643. The van der Waals surface area contributed by atoms with Crippen molar-refractivity contribution in [1.82, 2.24) is 15.2 Å². The van der Waals surface area contributed by atoms with Gasteiger partial charge < -0.3 is 19.7 Å². The highest BCUT2D eigenvalue weighted by molar-refractivity contribution is 5.78. The number of rotatable bonds is 4. The molecule has 2 N–H and O–H groups in total. The minimum Gasteiger partial charge on any atom is -0.481 e. The lowest BCUT2D eigenvalue weighted by Crippen LogP contribution is -2.51. The topological polar surface area (TPSA) is 95.7 Å². The van der Waals surface area contributed by atoms with Gasteiger partial charge in [-0.25, -0.2) is 9.78 Å². The molecule has 1 saturated heterocycles. The second kappa shape index (κ2) is 6.15. The van der Waals surface area contributed by atoms with Crippen LogP contribution in [0.5, 0.6) is 0 Å². The highest BCUT2D eigenvalue weighted by Gasteiger charge is 2.39. The third-order valence-electron chi connectivity index (χ3n) is 3.84. The van der Waals surface area contributed by atoms with Crippen molar-refractivity contribution in [3.8, 4) is 0 Å². The molecule has 0 radical (unpaired) electrons. The van der Waals surface area contributed by atoms with E-state index in [4.69, 9.17) is 4.42 Å². The molecule has 2 rings (SSSR count). The zero-order valence-electron chi connectivity index (χ0n) is 12.4. The van der Waals surface area contributed by atoms with E-state index in [0.29, 0.717) is 25.3 Å². The summed E-state index contributed by atoms with van der Waals surface area (Å²) in [6, 6.07) is -0.279.